The van der Waals surface area contributed by atoms with E-state index in [4.69, 9.17) is 9.84 Å². The number of nitrogens with zero attached hydrogens (tertiary/aromatic N) is 15. The second-order valence-corrected chi connectivity index (χ2v) is 25.6. The van der Waals surface area contributed by atoms with Crippen LogP contribution in [-0.2, 0) is 0 Å². The van der Waals surface area contributed by atoms with E-state index in [0.29, 0.717) is 86.9 Å². The van der Waals surface area contributed by atoms with Crippen molar-refractivity contribution in [3.05, 3.63) is 102 Å². The Morgan fingerprint density at radius 3 is 1.28 bits per heavy atom. The number of carbonyl (C=O) groups is 6. The summed E-state index contributed by atoms with van der Waals surface area (Å²) in [7, 11) is 0. The van der Waals surface area contributed by atoms with Crippen molar-refractivity contribution in [1.82, 2.24) is 54.8 Å². The van der Waals surface area contributed by atoms with Crippen LogP contribution in [0.5, 0.6) is 5.75 Å². The molecule has 14 rings (SSSR count). The van der Waals surface area contributed by atoms with Crippen molar-refractivity contribution < 1.29 is 83.2 Å². The fraction of sp³-hybridized carbons (Fsp3) is 0.431. The van der Waals surface area contributed by atoms with Crippen molar-refractivity contribution in [1.29, 1.82) is 0 Å². The molecule has 6 amide bonds. The number of rotatable bonds is 16. The number of urea groups is 3. The van der Waals surface area contributed by atoms with Gasteiger partial charge in [0.2, 0.25) is 17.8 Å². The van der Waals surface area contributed by atoms with E-state index in [2.05, 4.69) is 70.8 Å². The maximum absolute atomic E-state index is 13.3. The lowest BCUT2D eigenvalue weighted by atomic mass is 10.0. The molecule has 6 bridgehead atoms. The van der Waals surface area contributed by atoms with Crippen LogP contribution in [-0.4, -0.2) is 196 Å². The van der Waals surface area contributed by atoms with Gasteiger partial charge in [-0.25, -0.2) is 49.3 Å². The Hall–Kier alpha value is -10.9. The SMILES string of the molecule is C[C@@H](CC(=O)c1ccc2c(n1)N(C(=O)Nc1ncc(OC[C@@H](O)CO)cn1)[C@H]1CCN2C1)C(F)(F)F.Cc1c[nH]c2nc(NC(=O)N3c4nc(C(=O)CCC(F)(F)F)ccc4N4CC[C@H]3C4)ncc12.Cc1c[nH]c2nc(NC(=O)N3c4nc(C(=O)C[C@H](C)C(F)(F)F)ccc4N4CC[C@H]3C4)ncc12. The monoisotopic (exact) mass is 1440 g/mol. The van der Waals surface area contributed by atoms with Crippen molar-refractivity contribution in [3.8, 4) is 5.75 Å². The molecule has 7 N–H and O–H groups in total. The van der Waals surface area contributed by atoms with Crippen LogP contribution in [0.4, 0.5) is 106 Å². The smallest absolute Gasteiger partial charge is 0.391 e. The van der Waals surface area contributed by atoms with Crippen LogP contribution < -0.4 is 50.1 Å². The molecule has 8 aromatic heterocycles. The fourth-order valence-corrected chi connectivity index (χ4v) is 12.6. The summed E-state index contributed by atoms with van der Waals surface area (Å²) in [6.07, 6.45) is -6.44. The average Bonchev–Trinajstić information content (AvgIpc) is 1.69. The predicted molar refractivity (Wildman–Crippen MR) is 355 cm³/mol. The number of ketones is 3. The van der Waals surface area contributed by atoms with E-state index in [1.807, 2.05) is 28.5 Å². The zero-order chi connectivity index (χ0) is 73.6. The minimum atomic E-state index is -4.50. The molecule has 103 heavy (non-hydrogen) atoms. The Kier molecular flexibility index (Phi) is 20.1. The van der Waals surface area contributed by atoms with Crippen LogP contribution in [0.2, 0.25) is 0 Å². The number of anilines is 9. The summed E-state index contributed by atoms with van der Waals surface area (Å²) >= 11 is 0. The summed E-state index contributed by atoms with van der Waals surface area (Å²) in [5.41, 5.74) is 4.68. The number of aliphatic hydroxyl groups excluding tert-OH is 2. The number of amides is 6. The lowest BCUT2D eigenvalue weighted by Gasteiger charge is -2.35. The van der Waals surface area contributed by atoms with Crippen LogP contribution in [0, 0.1) is 25.7 Å². The molecule has 14 heterocycles. The number of ether oxygens (including phenoxy) is 1. The van der Waals surface area contributed by atoms with Gasteiger partial charge in [0.15, 0.2) is 40.6 Å². The number of nitrogens with one attached hydrogen (secondary N) is 5. The molecule has 3 fully saturated rings. The van der Waals surface area contributed by atoms with Gasteiger partial charge in [-0.1, -0.05) is 13.8 Å². The average molecular weight is 1440 g/mol. The molecule has 0 spiro atoms. The van der Waals surface area contributed by atoms with E-state index in [0.717, 1.165) is 35.7 Å². The lowest BCUT2D eigenvalue weighted by Crippen LogP contribution is -2.48. The number of aromatic nitrogens is 11. The van der Waals surface area contributed by atoms with Gasteiger partial charge in [-0.2, -0.15) is 49.5 Å². The third kappa shape index (κ3) is 15.8. The molecule has 8 aromatic rings. The summed E-state index contributed by atoms with van der Waals surface area (Å²) in [6.45, 7) is 8.89. The van der Waals surface area contributed by atoms with Crippen molar-refractivity contribution in [2.75, 3.05) is 97.8 Å². The largest absolute Gasteiger partial charge is 0.488 e. The molecule has 0 unspecified atom stereocenters. The topological polar surface area (TPSA) is 355 Å². The first-order chi connectivity index (χ1) is 48.9. The second-order valence-electron chi connectivity index (χ2n) is 25.6. The molecule has 0 radical (unpaired) electrons. The number of alkyl halides is 9. The molecule has 29 nitrogen and oxygen atoms in total. The van der Waals surface area contributed by atoms with Crippen LogP contribution in [0.1, 0.15) is 101 Å². The van der Waals surface area contributed by atoms with Crippen LogP contribution >= 0.6 is 0 Å². The summed E-state index contributed by atoms with van der Waals surface area (Å²) < 4.78 is 120. The highest BCUT2D eigenvalue weighted by Gasteiger charge is 2.46. The molecule has 6 atom stereocenters. The molecular formula is C65H67F9N20O9. The van der Waals surface area contributed by atoms with Crippen molar-refractivity contribution in [3.63, 3.8) is 0 Å². The van der Waals surface area contributed by atoms with Crippen molar-refractivity contribution in [2.45, 2.75) is 115 Å². The number of fused-ring (bicyclic) bond motifs is 14. The normalized spacial score (nSPS) is 18.0. The van der Waals surface area contributed by atoms with E-state index >= 15 is 0 Å². The van der Waals surface area contributed by atoms with Gasteiger partial charge < -0.3 is 39.6 Å². The number of aromatic amines is 2. The zero-order valence-corrected chi connectivity index (χ0v) is 55.4. The predicted octanol–water partition coefficient (Wildman–Crippen LogP) is 9.89. The zero-order valence-electron chi connectivity index (χ0n) is 55.4. The molecule has 0 aliphatic carbocycles. The van der Waals surface area contributed by atoms with Crippen molar-refractivity contribution in [2.24, 2.45) is 11.8 Å². The Bertz CT molecular complexity index is 4560. The first-order valence-electron chi connectivity index (χ1n) is 32.6. The van der Waals surface area contributed by atoms with Crippen LogP contribution in [0.25, 0.3) is 22.1 Å². The summed E-state index contributed by atoms with van der Waals surface area (Å²) in [4.78, 5) is 132. The highest BCUT2D eigenvalue weighted by Crippen LogP contribution is 2.43. The highest BCUT2D eigenvalue weighted by molar-refractivity contribution is 6.07. The number of hydrogen-bond acceptors (Lipinski definition) is 21. The van der Waals surface area contributed by atoms with Gasteiger partial charge in [-0.3, -0.25) is 45.0 Å². The lowest BCUT2D eigenvalue weighted by molar-refractivity contribution is -0.169. The van der Waals surface area contributed by atoms with Crippen LogP contribution in [0.3, 0.4) is 0 Å². The molecular weight excluding hydrogens is 1380 g/mol. The number of H-pyrrole nitrogens is 2. The molecule has 38 heteroatoms. The standard InChI is InChI=1S/C22H22F3N7O2.C22H25F3N6O5.C21H20F3N7O2/c1-11-8-26-18-14(11)9-27-20(29-18)30-21(34)32-13-5-6-31(10-13)16-4-3-15(28-19(16)32)17(33)7-12(2)22(23,24)25;1-12(22(23,24)25)6-18(34)16-2-3-17-19(28-16)31(13-4-5-30(17)9-13)21(35)29-20-26-7-15(8-27-20)36-11-14(33)10-32;1-11-8-25-17-13(11)9-26-19(28-17)29-20(33)31-12-5-7-30(10-12)15-3-2-14(27-18(15)31)16(32)4-6-21(22,23)24/h3-4,8-9,12-13H,5-7,10H2,1-2H3,(H2,26,27,29,30,34);2-3,7-8,12-14,32-33H,4-6,9-11H2,1H3,(H,26,27,29,35);2-3,8-9,12H,4-7,10H2,1H3,(H2,25,26,28,29,33)/t12-,13-;12-,13-,14-;12-/m000/s1. The Morgan fingerprint density at radius 1 is 0.544 bits per heavy atom. The Labute approximate surface area is 578 Å². The van der Waals surface area contributed by atoms with E-state index in [1.165, 1.54) is 45.3 Å². The quantitative estimate of drug-likeness (QED) is 0.0349. The van der Waals surface area contributed by atoms with Gasteiger partial charge >= 0.3 is 36.6 Å². The highest BCUT2D eigenvalue weighted by atomic mass is 19.4. The van der Waals surface area contributed by atoms with Gasteiger partial charge in [0, 0.05) is 94.1 Å². The van der Waals surface area contributed by atoms with E-state index in [-0.39, 0.29) is 82.9 Å². The number of hydrogen-bond donors (Lipinski definition) is 7. The summed E-state index contributed by atoms with van der Waals surface area (Å²) in [5, 5.41) is 27.8. The summed E-state index contributed by atoms with van der Waals surface area (Å²) in [5.74, 6) is -4.76. The first-order valence-corrected chi connectivity index (χ1v) is 32.6. The van der Waals surface area contributed by atoms with Gasteiger partial charge in [-0.05, 0) is 80.6 Å². The minimum absolute atomic E-state index is 0.0386. The number of Topliss-reactive ketones (excluding diaryl/α,β-unsaturated/α-hetero) is 3. The Morgan fingerprint density at radius 2 is 0.913 bits per heavy atom. The fourth-order valence-electron chi connectivity index (χ4n) is 12.6. The molecule has 3 saturated heterocycles. The maximum atomic E-state index is 13.3. The minimum Gasteiger partial charge on any atom is -0.488 e. The number of pyridine rings is 3. The maximum Gasteiger partial charge on any atom is 0.391 e. The van der Waals surface area contributed by atoms with Gasteiger partial charge in [0.25, 0.3) is 0 Å². The second kappa shape index (κ2) is 28.8. The number of aliphatic hydroxyl groups is 2. The first kappa shape index (κ1) is 71.9. The van der Waals surface area contributed by atoms with Crippen LogP contribution in [0.15, 0.2) is 73.6 Å². The molecule has 0 saturated carbocycles. The number of carbonyl (C=O) groups excluding carboxylic acids is 6. The third-order valence-corrected chi connectivity index (χ3v) is 18.3. The number of aryl methyl sites for hydroxylation is 2. The van der Waals surface area contributed by atoms with Crippen molar-refractivity contribution >= 4 is 110 Å². The third-order valence-electron chi connectivity index (χ3n) is 18.3. The molecule has 544 valence electrons. The molecule has 6 aliphatic rings. The van der Waals surface area contributed by atoms with Gasteiger partial charge in [0.1, 0.15) is 41.1 Å². The summed E-state index contributed by atoms with van der Waals surface area (Å²) in [6, 6.07) is 6.80. The molecule has 0 aromatic carbocycles. The molecule has 6 aliphatic heterocycles. The Balaban J connectivity index is 0.000000146. The van der Waals surface area contributed by atoms with E-state index < -0.39 is 104 Å². The van der Waals surface area contributed by atoms with E-state index in [1.54, 1.807) is 43.0 Å². The van der Waals surface area contributed by atoms with E-state index in [9.17, 15) is 73.4 Å². The van der Waals surface area contributed by atoms with Gasteiger partial charge in [0.05, 0.1) is 72.4 Å². The van der Waals surface area contributed by atoms with Gasteiger partial charge in [-0.15, -0.1) is 0 Å². The number of halogens is 9.